The van der Waals surface area contributed by atoms with Gasteiger partial charge in [-0.15, -0.1) is 11.3 Å². The van der Waals surface area contributed by atoms with Gasteiger partial charge in [0.05, 0.1) is 29.8 Å². The first-order chi connectivity index (χ1) is 12.3. The van der Waals surface area contributed by atoms with Crippen molar-refractivity contribution in [3.63, 3.8) is 0 Å². The molecule has 0 radical (unpaired) electrons. The molecule has 1 atom stereocenters. The van der Waals surface area contributed by atoms with Crippen LogP contribution in [0.15, 0.2) is 10.8 Å². The van der Waals surface area contributed by atoms with Gasteiger partial charge in [0.2, 0.25) is 0 Å². The van der Waals surface area contributed by atoms with E-state index < -0.39 is 15.4 Å². The molecule has 9 heteroatoms. The van der Waals surface area contributed by atoms with E-state index in [0.717, 1.165) is 0 Å². The molecule has 1 aromatic heterocycles. The van der Waals surface area contributed by atoms with Gasteiger partial charge in [-0.25, -0.2) is 8.42 Å². The van der Waals surface area contributed by atoms with Gasteiger partial charge in [0, 0.05) is 22.6 Å². The molecule has 0 aliphatic carbocycles. The minimum Gasteiger partial charge on any atom is -0.748 e. The first-order valence-corrected chi connectivity index (χ1v) is 11.4. The summed E-state index contributed by atoms with van der Waals surface area (Å²) < 4.78 is 48.7. The maximum Gasteiger partial charge on any atom is 0.172 e. The molecule has 2 rings (SSSR count). The summed E-state index contributed by atoms with van der Waals surface area (Å²) in [6.07, 6.45) is -0.0946. The van der Waals surface area contributed by atoms with Crippen LogP contribution in [0, 0.1) is 0 Å². The zero-order chi connectivity index (χ0) is 19.6. The summed E-state index contributed by atoms with van der Waals surface area (Å²) in [4.78, 5) is 1.68. The van der Waals surface area contributed by atoms with E-state index in [1.165, 1.54) is 37.9 Å². The highest BCUT2D eigenvalue weighted by molar-refractivity contribution is 7.86. The van der Waals surface area contributed by atoms with Crippen LogP contribution < -0.4 is 14.4 Å². The molecule has 1 N–H and O–H groups in total. The number of nitrogens with one attached hydrogen (secondary N) is 1. The number of rotatable bonds is 8. The molecule has 1 aliphatic rings. The van der Waals surface area contributed by atoms with Crippen LogP contribution >= 0.6 is 11.3 Å². The molecular weight excluding hydrogens is 378 g/mol. The summed E-state index contributed by atoms with van der Waals surface area (Å²) in [7, 11) is -4.24. The van der Waals surface area contributed by atoms with Crippen LogP contribution in [-0.4, -0.2) is 63.8 Å². The van der Waals surface area contributed by atoms with Crippen molar-refractivity contribution in [2.24, 2.45) is 0 Å². The second-order valence-electron chi connectivity index (χ2n) is 6.12. The molecule has 0 amide bonds. The SMILES string of the molecule is CC(CCOC1COc2cscc2OC1)S(=O)(=O)[O-].CC[NH+](CC)CC. The normalized spacial score (nSPS) is 15.9. The Labute approximate surface area is 161 Å². The van der Waals surface area contributed by atoms with Gasteiger partial charge in [-0.2, -0.15) is 0 Å². The molecule has 1 aromatic rings. The average molecular weight is 410 g/mol. The molecule has 152 valence electrons. The third kappa shape index (κ3) is 8.22. The van der Waals surface area contributed by atoms with Gasteiger partial charge in [-0.3, -0.25) is 0 Å². The van der Waals surface area contributed by atoms with Crippen molar-refractivity contribution in [1.82, 2.24) is 0 Å². The highest BCUT2D eigenvalue weighted by Crippen LogP contribution is 2.33. The monoisotopic (exact) mass is 409 g/mol. The average Bonchev–Trinajstić information content (AvgIpc) is 2.97. The van der Waals surface area contributed by atoms with Crippen LogP contribution in [0.3, 0.4) is 0 Å². The Balaban J connectivity index is 0.000000412. The third-order valence-corrected chi connectivity index (χ3v) is 6.23. The number of thiophene rings is 1. The molecule has 0 aromatic carbocycles. The van der Waals surface area contributed by atoms with Crippen molar-refractivity contribution in [2.45, 2.75) is 45.5 Å². The van der Waals surface area contributed by atoms with Crippen LogP contribution in [0.4, 0.5) is 0 Å². The summed E-state index contributed by atoms with van der Waals surface area (Å²) in [6, 6.07) is 0. The first kappa shape index (κ1) is 23.2. The Hall–Kier alpha value is -0.870. The molecular formula is C17H31NO6S2. The molecule has 0 saturated carbocycles. The lowest BCUT2D eigenvalue weighted by atomic mass is 10.3. The lowest BCUT2D eigenvalue weighted by molar-refractivity contribution is -0.894. The molecule has 1 aliphatic heterocycles. The standard InChI is InChI=1S/C11H16O6S2.C6H15N/c1-8(19(12,13)14)2-3-15-9-4-16-10-6-18-7-11(10)17-5-9;1-4-7(5-2)6-3/h6-9H,2-5H2,1H3,(H,12,13,14);4-6H2,1-3H3. The summed E-state index contributed by atoms with van der Waals surface area (Å²) in [5.74, 6) is 1.40. The van der Waals surface area contributed by atoms with Crippen LogP contribution in [0.25, 0.3) is 0 Å². The number of ether oxygens (including phenoxy) is 3. The van der Waals surface area contributed by atoms with E-state index in [0.29, 0.717) is 24.7 Å². The van der Waals surface area contributed by atoms with E-state index in [9.17, 15) is 13.0 Å². The molecule has 1 unspecified atom stereocenters. The zero-order valence-corrected chi connectivity index (χ0v) is 17.7. The van der Waals surface area contributed by atoms with Crippen molar-refractivity contribution in [1.29, 1.82) is 0 Å². The molecule has 0 spiro atoms. The lowest BCUT2D eigenvalue weighted by Crippen LogP contribution is -3.11. The van der Waals surface area contributed by atoms with Gasteiger partial charge in [-0.05, 0) is 34.1 Å². The summed E-state index contributed by atoms with van der Waals surface area (Å²) in [5.41, 5.74) is 0. The predicted molar refractivity (Wildman–Crippen MR) is 101 cm³/mol. The van der Waals surface area contributed by atoms with E-state index in [-0.39, 0.29) is 19.1 Å². The fraction of sp³-hybridized carbons (Fsp3) is 0.765. The molecule has 2 heterocycles. The van der Waals surface area contributed by atoms with Gasteiger partial charge >= 0.3 is 0 Å². The molecule has 0 bridgehead atoms. The Kier molecular flexibility index (Phi) is 10.5. The Morgan fingerprint density at radius 2 is 1.69 bits per heavy atom. The second-order valence-corrected chi connectivity index (χ2v) is 8.65. The Morgan fingerprint density at radius 1 is 1.19 bits per heavy atom. The highest BCUT2D eigenvalue weighted by atomic mass is 32.2. The summed E-state index contributed by atoms with van der Waals surface area (Å²) >= 11 is 1.50. The highest BCUT2D eigenvalue weighted by Gasteiger charge is 2.20. The minimum atomic E-state index is -4.24. The molecule has 0 fully saturated rings. The lowest BCUT2D eigenvalue weighted by Gasteiger charge is -2.18. The fourth-order valence-electron chi connectivity index (χ4n) is 2.29. The topological polar surface area (TPSA) is 89.3 Å². The van der Waals surface area contributed by atoms with Crippen molar-refractivity contribution in [3.8, 4) is 11.5 Å². The van der Waals surface area contributed by atoms with E-state index >= 15 is 0 Å². The number of fused-ring (bicyclic) bond motifs is 1. The van der Waals surface area contributed by atoms with E-state index in [1.54, 1.807) is 4.90 Å². The fourth-order valence-corrected chi connectivity index (χ4v) is 3.36. The van der Waals surface area contributed by atoms with Crippen LogP contribution in [0.2, 0.25) is 0 Å². The van der Waals surface area contributed by atoms with Crippen molar-refractivity contribution < 1.29 is 32.1 Å². The van der Waals surface area contributed by atoms with Crippen molar-refractivity contribution in [2.75, 3.05) is 39.5 Å². The largest absolute Gasteiger partial charge is 0.748 e. The van der Waals surface area contributed by atoms with E-state index in [1.807, 2.05) is 10.8 Å². The van der Waals surface area contributed by atoms with Crippen LogP contribution in [-0.2, 0) is 14.9 Å². The Bertz CT molecular complexity index is 572. The van der Waals surface area contributed by atoms with E-state index in [2.05, 4.69) is 20.8 Å². The van der Waals surface area contributed by atoms with Gasteiger partial charge in [0.25, 0.3) is 0 Å². The molecule has 7 nitrogen and oxygen atoms in total. The Morgan fingerprint density at radius 3 is 2.08 bits per heavy atom. The van der Waals surface area contributed by atoms with Gasteiger partial charge < -0.3 is 23.7 Å². The second kappa shape index (κ2) is 11.8. The predicted octanol–water partition coefficient (Wildman–Crippen LogP) is 1.16. The summed E-state index contributed by atoms with van der Waals surface area (Å²) in [6.45, 7) is 12.8. The van der Waals surface area contributed by atoms with Gasteiger partial charge in [0.1, 0.15) is 19.3 Å². The van der Waals surface area contributed by atoms with Crippen LogP contribution in [0.5, 0.6) is 11.5 Å². The first-order valence-electron chi connectivity index (χ1n) is 9.03. The van der Waals surface area contributed by atoms with Crippen molar-refractivity contribution in [3.05, 3.63) is 10.8 Å². The quantitative estimate of drug-likeness (QED) is 0.648. The summed E-state index contributed by atoms with van der Waals surface area (Å²) in [5, 5.41) is 2.76. The zero-order valence-electron chi connectivity index (χ0n) is 16.0. The van der Waals surface area contributed by atoms with Gasteiger partial charge in [-0.1, -0.05) is 0 Å². The number of hydrogen-bond acceptors (Lipinski definition) is 7. The van der Waals surface area contributed by atoms with Crippen molar-refractivity contribution >= 4 is 21.5 Å². The van der Waals surface area contributed by atoms with E-state index in [4.69, 9.17) is 14.2 Å². The van der Waals surface area contributed by atoms with Gasteiger partial charge in [0.15, 0.2) is 11.5 Å². The minimum absolute atomic E-state index is 0.170. The number of quaternary nitrogens is 1. The smallest absolute Gasteiger partial charge is 0.172 e. The number of hydrogen-bond donors (Lipinski definition) is 1. The third-order valence-electron chi connectivity index (χ3n) is 4.31. The maximum atomic E-state index is 10.7. The molecule has 0 saturated heterocycles. The molecule has 26 heavy (non-hydrogen) atoms. The van der Waals surface area contributed by atoms with Crippen LogP contribution in [0.1, 0.15) is 34.1 Å². The maximum absolute atomic E-state index is 10.7.